The number of carbonyl (C=O) groups excluding carboxylic acids is 2. The quantitative estimate of drug-likeness (QED) is 0.0264. The number of phosphoric ester groups is 1. The Hall–Kier alpha value is -3.59. The van der Waals surface area contributed by atoms with Crippen LogP contribution in [0.15, 0.2) is 122 Å². The van der Waals surface area contributed by atoms with E-state index in [2.05, 4.69) is 135 Å². The molecule has 3 N–H and O–H groups in total. The van der Waals surface area contributed by atoms with Crippen LogP contribution in [0.5, 0.6) is 0 Å². The van der Waals surface area contributed by atoms with Crippen LogP contribution in [0.3, 0.4) is 0 Å². The van der Waals surface area contributed by atoms with Crippen LogP contribution < -0.4 is 5.73 Å². The van der Waals surface area contributed by atoms with Crippen LogP contribution in [-0.2, 0) is 32.7 Å². The number of unbranched alkanes of at least 4 members (excludes halogenated alkanes) is 15. The van der Waals surface area contributed by atoms with Gasteiger partial charge in [0.25, 0.3) is 0 Å². The van der Waals surface area contributed by atoms with Crippen molar-refractivity contribution in [3.63, 3.8) is 0 Å². The van der Waals surface area contributed by atoms with E-state index in [-0.39, 0.29) is 32.6 Å². The van der Waals surface area contributed by atoms with Crippen molar-refractivity contribution >= 4 is 19.8 Å². The lowest BCUT2D eigenvalue weighted by molar-refractivity contribution is -0.161. The predicted molar refractivity (Wildman–Crippen MR) is 288 cm³/mol. The summed E-state index contributed by atoms with van der Waals surface area (Å²) in [6.07, 6.45) is 73.0. The molecule has 0 aliphatic rings. The van der Waals surface area contributed by atoms with Crippen molar-refractivity contribution in [2.45, 2.75) is 206 Å². The molecule has 0 heterocycles. The first-order valence-corrected chi connectivity index (χ1v) is 28.0. The Kier molecular flexibility index (Phi) is 50.0. The summed E-state index contributed by atoms with van der Waals surface area (Å²) in [6, 6.07) is 0. The van der Waals surface area contributed by atoms with Crippen LogP contribution in [0.25, 0.3) is 0 Å². The number of nitrogens with two attached hydrogens (primary N) is 1. The molecular weight excluding hydrogens is 870 g/mol. The highest BCUT2D eigenvalue weighted by atomic mass is 31.2. The third-order valence-corrected chi connectivity index (χ3v) is 11.6. The Morgan fingerprint density at radius 3 is 1.21 bits per heavy atom. The van der Waals surface area contributed by atoms with Gasteiger partial charge in [0, 0.05) is 19.4 Å². The summed E-state index contributed by atoms with van der Waals surface area (Å²) >= 11 is 0. The zero-order chi connectivity index (χ0) is 49.5. The molecule has 0 radical (unpaired) electrons. The van der Waals surface area contributed by atoms with Gasteiger partial charge in [0.15, 0.2) is 6.10 Å². The first kappa shape index (κ1) is 64.4. The highest BCUT2D eigenvalue weighted by Gasteiger charge is 2.26. The molecule has 68 heavy (non-hydrogen) atoms. The molecule has 2 unspecified atom stereocenters. The van der Waals surface area contributed by atoms with E-state index in [1.807, 2.05) is 0 Å². The third-order valence-electron chi connectivity index (χ3n) is 10.6. The Bertz CT molecular complexity index is 1520. The van der Waals surface area contributed by atoms with Crippen molar-refractivity contribution in [2.24, 2.45) is 5.73 Å². The molecule has 9 nitrogen and oxygen atoms in total. The molecule has 0 saturated heterocycles. The van der Waals surface area contributed by atoms with E-state index in [1.54, 1.807) is 0 Å². The summed E-state index contributed by atoms with van der Waals surface area (Å²) in [5.41, 5.74) is 5.34. The highest BCUT2D eigenvalue weighted by Crippen LogP contribution is 2.43. The third kappa shape index (κ3) is 51.8. The summed E-state index contributed by atoms with van der Waals surface area (Å²) in [5.74, 6) is -0.850. The predicted octanol–water partition coefficient (Wildman–Crippen LogP) is 16.4. The minimum Gasteiger partial charge on any atom is -0.462 e. The van der Waals surface area contributed by atoms with Gasteiger partial charge in [-0.15, -0.1) is 0 Å². The molecule has 386 valence electrons. The van der Waals surface area contributed by atoms with Gasteiger partial charge >= 0.3 is 19.8 Å². The summed E-state index contributed by atoms with van der Waals surface area (Å²) in [4.78, 5) is 34.7. The standard InChI is InChI=1S/C58H96NO8P/c1-3-5-7-9-11-12-13-14-15-16-17-18-19-20-21-22-23-24-25-26-27-28-29-30-31-32-33-34-35-36-37-38-39-40-41-42-43-44-45-47-49-51-58(61)67-56(55-66-68(62,63)65-53-52-59)54-64-57(60)50-48-46-10-8-6-4-2/h5,7,11-12,14-15,17-18,20-21,23-24,26-27,29-30,32-33,35-36,56H,3-4,6,8-10,13,16,19,22,25,28,31,34,37-55,59H2,1-2H3,(H,62,63)/b7-5-,12-11-,15-14-,18-17-,21-20-,24-23-,27-26-,30-29-,33-32-,36-35-. The fraction of sp³-hybridized carbons (Fsp3) is 0.621. The van der Waals surface area contributed by atoms with Crippen LogP contribution >= 0.6 is 7.82 Å². The van der Waals surface area contributed by atoms with Gasteiger partial charge in [-0.3, -0.25) is 18.6 Å². The van der Waals surface area contributed by atoms with Gasteiger partial charge < -0.3 is 20.1 Å². The zero-order valence-electron chi connectivity index (χ0n) is 42.8. The van der Waals surface area contributed by atoms with Gasteiger partial charge in [0.1, 0.15) is 6.61 Å². The van der Waals surface area contributed by atoms with E-state index < -0.39 is 32.5 Å². The van der Waals surface area contributed by atoms with E-state index in [9.17, 15) is 19.0 Å². The van der Waals surface area contributed by atoms with Gasteiger partial charge in [-0.1, -0.05) is 219 Å². The van der Waals surface area contributed by atoms with Gasteiger partial charge in [-0.2, -0.15) is 0 Å². The lowest BCUT2D eigenvalue weighted by Gasteiger charge is -2.19. The van der Waals surface area contributed by atoms with Crippen molar-refractivity contribution in [3.8, 4) is 0 Å². The second kappa shape index (κ2) is 52.8. The average Bonchev–Trinajstić information content (AvgIpc) is 3.33. The second-order valence-electron chi connectivity index (χ2n) is 17.0. The molecule has 0 amide bonds. The Morgan fingerprint density at radius 2 is 0.809 bits per heavy atom. The van der Waals surface area contributed by atoms with Crippen molar-refractivity contribution in [1.82, 2.24) is 0 Å². The molecule has 2 atom stereocenters. The molecule has 0 bridgehead atoms. The first-order chi connectivity index (χ1) is 33.3. The summed E-state index contributed by atoms with van der Waals surface area (Å²) in [7, 11) is -4.38. The Morgan fingerprint density at radius 1 is 0.456 bits per heavy atom. The fourth-order valence-electron chi connectivity index (χ4n) is 6.72. The first-order valence-electron chi connectivity index (χ1n) is 26.5. The van der Waals surface area contributed by atoms with E-state index in [1.165, 1.54) is 44.9 Å². The summed E-state index contributed by atoms with van der Waals surface area (Å²) in [5, 5.41) is 0. The number of hydrogen-bond donors (Lipinski definition) is 2. The number of ether oxygens (including phenoxy) is 2. The molecule has 0 aliphatic heterocycles. The molecule has 0 fully saturated rings. The number of carbonyl (C=O) groups is 2. The van der Waals surface area contributed by atoms with Crippen molar-refractivity contribution in [3.05, 3.63) is 122 Å². The van der Waals surface area contributed by atoms with E-state index in [0.29, 0.717) is 6.42 Å². The number of allylic oxidation sites excluding steroid dienone is 20. The normalized spacial score (nSPS) is 14.1. The molecule has 0 rings (SSSR count). The SMILES string of the molecule is CC/C=C\C/C=C\C/C=C\C/C=C\C/C=C\C/C=C\C/C=C\C/C=C\C/C=C\C/C=C\CCCCCCCCCCCCC(=O)OC(COC(=O)CCCCCCCC)COP(=O)(O)OCCN. The largest absolute Gasteiger partial charge is 0.472 e. The maximum Gasteiger partial charge on any atom is 0.472 e. The van der Waals surface area contributed by atoms with Crippen LogP contribution in [0, 0.1) is 0 Å². The average molecular weight is 966 g/mol. The number of hydrogen-bond acceptors (Lipinski definition) is 8. The number of phosphoric acid groups is 1. The van der Waals surface area contributed by atoms with E-state index >= 15 is 0 Å². The lowest BCUT2D eigenvalue weighted by Crippen LogP contribution is -2.29. The zero-order valence-corrected chi connectivity index (χ0v) is 43.7. The lowest BCUT2D eigenvalue weighted by atomic mass is 10.0. The fourth-order valence-corrected chi connectivity index (χ4v) is 7.49. The van der Waals surface area contributed by atoms with Crippen molar-refractivity contribution in [2.75, 3.05) is 26.4 Å². The van der Waals surface area contributed by atoms with Crippen LogP contribution in [-0.4, -0.2) is 49.3 Å². The molecule has 0 aliphatic carbocycles. The number of rotatable bonds is 48. The van der Waals surface area contributed by atoms with E-state index in [0.717, 1.165) is 122 Å². The van der Waals surface area contributed by atoms with Gasteiger partial charge in [-0.25, -0.2) is 4.57 Å². The maximum absolute atomic E-state index is 12.6. The van der Waals surface area contributed by atoms with Crippen LogP contribution in [0.2, 0.25) is 0 Å². The topological polar surface area (TPSA) is 134 Å². The Balaban J connectivity index is 3.86. The minimum absolute atomic E-state index is 0.0484. The molecule has 0 aromatic rings. The molecular formula is C58H96NO8P. The molecule has 0 aromatic carbocycles. The number of esters is 2. The van der Waals surface area contributed by atoms with Crippen molar-refractivity contribution < 1.29 is 37.6 Å². The van der Waals surface area contributed by atoms with Crippen molar-refractivity contribution in [1.29, 1.82) is 0 Å². The molecule has 0 saturated carbocycles. The Labute approximate surface area is 415 Å². The summed E-state index contributed by atoms with van der Waals surface area (Å²) in [6.45, 7) is 3.52. The minimum atomic E-state index is -4.38. The van der Waals surface area contributed by atoms with Gasteiger partial charge in [0.2, 0.25) is 0 Å². The molecule has 10 heteroatoms. The maximum atomic E-state index is 12.6. The van der Waals surface area contributed by atoms with Crippen LogP contribution in [0.1, 0.15) is 200 Å². The van der Waals surface area contributed by atoms with Crippen LogP contribution in [0.4, 0.5) is 0 Å². The highest BCUT2D eigenvalue weighted by molar-refractivity contribution is 7.47. The van der Waals surface area contributed by atoms with Gasteiger partial charge in [-0.05, 0) is 89.9 Å². The summed E-state index contributed by atoms with van der Waals surface area (Å²) < 4.78 is 32.6. The monoisotopic (exact) mass is 966 g/mol. The second-order valence-corrected chi connectivity index (χ2v) is 18.5. The smallest absolute Gasteiger partial charge is 0.462 e. The molecule has 0 spiro atoms. The van der Waals surface area contributed by atoms with Gasteiger partial charge in [0.05, 0.1) is 13.2 Å². The van der Waals surface area contributed by atoms with E-state index in [4.69, 9.17) is 24.3 Å². The molecule has 0 aromatic heterocycles.